The molecular formula is C19H30O5. The summed E-state index contributed by atoms with van der Waals surface area (Å²) in [5, 5.41) is 0. The quantitative estimate of drug-likeness (QED) is 0.574. The van der Waals surface area contributed by atoms with Crippen LogP contribution in [-0.2, 0) is 24.0 Å². The van der Waals surface area contributed by atoms with Gasteiger partial charge in [0.15, 0.2) is 5.60 Å². The fourth-order valence-electron chi connectivity index (χ4n) is 5.59. The fourth-order valence-corrected chi connectivity index (χ4v) is 5.59. The van der Waals surface area contributed by atoms with E-state index in [2.05, 4.69) is 13.8 Å². The molecule has 0 aromatic carbocycles. The van der Waals surface area contributed by atoms with Gasteiger partial charge in [0.25, 0.3) is 0 Å². The molecule has 5 aliphatic rings. The molecule has 0 unspecified atom stereocenters. The van der Waals surface area contributed by atoms with Gasteiger partial charge in [0.05, 0.1) is 5.92 Å². The summed E-state index contributed by atoms with van der Waals surface area (Å²) in [5.74, 6) is 0.0632. The van der Waals surface area contributed by atoms with Crippen molar-refractivity contribution in [2.45, 2.75) is 89.8 Å². The summed E-state index contributed by atoms with van der Waals surface area (Å²) < 4.78 is 12.1. The van der Waals surface area contributed by atoms with Crippen LogP contribution in [0.3, 0.4) is 0 Å². The third-order valence-electron chi connectivity index (χ3n) is 7.06. The maximum Gasteiger partial charge on any atom is 0.311 e. The van der Waals surface area contributed by atoms with Gasteiger partial charge in [-0.25, -0.2) is 9.78 Å². The van der Waals surface area contributed by atoms with Crippen LogP contribution in [0.5, 0.6) is 0 Å². The third-order valence-corrected chi connectivity index (χ3v) is 7.06. The largest absolute Gasteiger partial charge is 0.432 e. The van der Waals surface area contributed by atoms with Crippen LogP contribution in [0.2, 0.25) is 0 Å². The zero-order valence-electron chi connectivity index (χ0n) is 15.1. The predicted octanol–water partition coefficient (Wildman–Crippen LogP) is 3.96. The van der Waals surface area contributed by atoms with E-state index in [0.717, 1.165) is 44.9 Å². The van der Waals surface area contributed by atoms with E-state index in [-0.39, 0.29) is 17.8 Å². The molecule has 0 aromatic heterocycles. The summed E-state index contributed by atoms with van der Waals surface area (Å²) in [6, 6.07) is 0. The van der Waals surface area contributed by atoms with Crippen LogP contribution in [0.1, 0.15) is 72.1 Å². The molecule has 1 spiro atoms. The van der Waals surface area contributed by atoms with Crippen LogP contribution in [0, 0.1) is 23.7 Å². The Bertz CT molecular complexity index is 508. The third kappa shape index (κ3) is 2.20. The Kier molecular flexibility index (Phi) is 4.17. The van der Waals surface area contributed by atoms with Crippen molar-refractivity contribution in [1.29, 1.82) is 0 Å². The molecule has 0 N–H and O–H groups in total. The Hall–Kier alpha value is -0.650. The van der Waals surface area contributed by atoms with Gasteiger partial charge in [0, 0.05) is 24.7 Å². The lowest BCUT2D eigenvalue weighted by Crippen LogP contribution is -2.70. The van der Waals surface area contributed by atoms with Gasteiger partial charge in [-0.05, 0) is 31.6 Å². The van der Waals surface area contributed by atoms with Gasteiger partial charge in [-0.1, -0.05) is 33.6 Å². The molecule has 0 aromatic rings. The number of hydrogen-bond acceptors (Lipinski definition) is 5. The van der Waals surface area contributed by atoms with Gasteiger partial charge >= 0.3 is 5.97 Å². The van der Waals surface area contributed by atoms with Crippen molar-refractivity contribution in [3.05, 3.63) is 0 Å². The molecule has 5 rings (SSSR count). The van der Waals surface area contributed by atoms with E-state index in [1.807, 2.05) is 6.92 Å². The minimum Gasteiger partial charge on any atom is -0.432 e. The molecule has 1 saturated carbocycles. The normalized spacial score (nSPS) is 50.1. The van der Waals surface area contributed by atoms with Crippen molar-refractivity contribution in [3.63, 3.8) is 0 Å². The average Bonchev–Trinajstić information content (AvgIpc) is 2.84. The number of hydrogen-bond donors (Lipinski definition) is 0. The van der Waals surface area contributed by atoms with Crippen LogP contribution >= 0.6 is 0 Å². The molecule has 5 heteroatoms. The first-order valence-corrected chi connectivity index (χ1v) is 9.81. The van der Waals surface area contributed by atoms with Crippen LogP contribution in [0.15, 0.2) is 0 Å². The molecule has 1 aliphatic carbocycles. The van der Waals surface area contributed by atoms with Crippen molar-refractivity contribution in [2.24, 2.45) is 23.7 Å². The van der Waals surface area contributed by atoms with Gasteiger partial charge < -0.3 is 9.47 Å². The van der Waals surface area contributed by atoms with Gasteiger partial charge in [-0.3, -0.25) is 4.79 Å². The monoisotopic (exact) mass is 338 g/mol. The van der Waals surface area contributed by atoms with E-state index in [1.54, 1.807) is 0 Å². The number of fused-ring (bicyclic) bond motifs is 2. The molecule has 5 fully saturated rings. The second-order valence-corrected chi connectivity index (χ2v) is 8.23. The second-order valence-electron chi connectivity index (χ2n) is 8.23. The Morgan fingerprint density at radius 3 is 2.71 bits per heavy atom. The van der Waals surface area contributed by atoms with E-state index >= 15 is 0 Å². The lowest BCUT2D eigenvalue weighted by Gasteiger charge is -2.58. The van der Waals surface area contributed by atoms with Crippen LogP contribution in [0.4, 0.5) is 0 Å². The van der Waals surface area contributed by atoms with Crippen molar-refractivity contribution < 1.29 is 24.0 Å². The highest BCUT2D eigenvalue weighted by Gasteiger charge is 2.70. The highest BCUT2D eigenvalue weighted by Crippen LogP contribution is 2.60. The summed E-state index contributed by atoms with van der Waals surface area (Å²) >= 11 is 0. The molecule has 7 atom stereocenters. The molecule has 5 nitrogen and oxygen atoms in total. The Morgan fingerprint density at radius 1 is 1.12 bits per heavy atom. The zero-order chi connectivity index (χ0) is 16.9. The first-order valence-electron chi connectivity index (χ1n) is 9.81. The minimum absolute atomic E-state index is 0.0874. The SMILES string of the molecule is CCCC[C@H]1C(=O)O[C@@H]2O[C@@]3(CC)CC[C@H]4[C@H](C)CC[C@@H]1[C@@]24OO3. The summed E-state index contributed by atoms with van der Waals surface area (Å²) in [7, 11) is 0. The number of carbonyl (C=O) groups is 1. The highest BCUT2D eigenvalue weighted by molar-refractivity contribution is 5.74. The highest BCUT2D eigenvalue weighted by atomic mass is 17.3. The lowest BCUT2D eigenvalue weighted by molar-refractivity contribution is -0.563. The standard InChI is InChI=1S/C19H30O5/c1-4-6-7-13-15-9-8-12(3)14-10-11-18(5-2)22-17(21-16(13)20)19(14,15)24-23-18/h12-15,17H,4-11H2,1-3H3/t12-,13-,14+,15+,17-,18-,19-/m1/s1. The number of carbonyl (C=O) groups excluding carboxylic acids is 1. The Morgan fingerprint density at radius 2 is 1.96 bits per heavy atom. The van der Waals surface area contributed by atoms with Crippen molar-refractivity contribution in [1.82, 2.24) is 0 Å². The van der Waals surface area contributed by atoms with Crippen molar-refractivity contribution in [3.8, 4) is 0 Å². The van der Waals surface area contributed by atoms with Crippen molar-refractivity contribution in [2.75, 3.05) is 0 Å². The number of rotatable bonds is 4. The van der Waals surface area contributed by atoms with Crippen molar-refractivity contribution >= 4 is 5.97 Å². The molecule has 136 valence electrons. The molecule has 4 heterocycles. The first-order chi connectivity index (χ1) is 11.6. The second kappa shape index (κ2) is 5.96. The van der Waals surface area contributed by atoms with Gasteiger partial charge in [-0.2, -0.15) is 0 Å². The predicted molar refractivity (Wildman–Crippen MR) is 86.5 cm³/mol. The summed E-state index contributed by atoms with van der Waals surface area (Å²) in [6.45, 7) is 6.49. The Labute approximate surface area is 144 Å². The molecular weight excluding hydrogens is 308 g/mol. The van der Waals surface area contributed by atoms with E-state index < -0.39 is 17.7 Å². The summed E-state index contributed by atoms with van der Waals surface area (Å²) in [6.07, 6.45) is 7.03. The molecule has 2 bridgehead atoms. The molecule has 24 heavy (non-hydrogen) atoms. The molecule has 4 aliphatic heterocycles. The van der Waals surface area contributed by atoms with Gasteiger partial charge in [0.2, 0.25) is 12.1 Å². The first kappa shape index (κ1) is 16.8. The average molecular weight is 338 g/mol. The van der Waals surface area contributed by atoms with Crippen LogP contribution < -0.4 is 0 Å². The molecule has 0 radical (unpaired) electrons. The maximum absolute atomic E-state index is 12.7. The van der Waals surface area contributed by atoms with E-state index in [0.29, 0.717) is 18.3 Å². The zero-order valence-corrected chi connectivity index (χ0v) is 15.1. The van der Waals surface area contributed by atoms with Crippen LogP contribution in [0.25, 0.3) is 0 Å². The molecule has 4 saturated heterocycles. The summed E-state index contributed by atoms with van der Waals surface area (Å²) in [4.78, 5) is 24.8. The van der Waals surface area contributed by atoms with Gasteiger partial charge in [0.1, 0.15) is 0 Å². The summed E-state index contributed by atoms with van der Waals surface area (Å²) in [5.41, 5.74) is -0.612. The maximum atomic E-state index is 12.7. The topological polar surface area (TPSA) is 54.0 Å². The van der Waals surface area contributed by atoms with E-state index in [1.165, 1.54) is 0 Å². The number of esters is 1. The van der Waals surface area contributed by atoms with Crippen LogP contribution in [-0.4, -0.2) is 23.6 Å². The lowest BCUT2D eigenvalue weighted by atomic mass is 9.57. The van der Waals surface area contributed by atoms with Gasteiger partial charge in [-0.15, -0.1) is 0 Å². The minimum atomic E-state index is -0.756. The number of ether oxygens (including phenoxy) is 2. The van der Waals surface area contributed by atoms with E-state index in [4.69, 9.17) is 19.2 Å². The fraction of sp³-hybridized carbons (Fsp3) is 0.947. The Balaban J connectivity index is 1.74. The number of unbranched alkanes of at least 4 members (excludes halogenated alkanes) is 1. The van der Waals surface area contributed by atoms with E-state index in [9.17, 15) is 4.79 Å². The smallest absolute Gasteiger partial charge is 0.311 e. The molecule has 0 amide bonds.